The third-order valence-corrected chi connectivity index (χ3v) is 7.20. The lowest BCUT2D eigenvalue weighted by atomic mass is 9.83. The van der Waals surface area contributed by atoms with Crippen molar-refractivity contribution in [1.29, 1.82) is 0 Å². The summed E-state index contributed by atoms with van der Waals surface area (Å²) in [6.07, 6.45) is 10.2. The van der Waals surface area contributed by atoms with Crippen LogP contribution in [0.25, 0.3) is 0 Å². The fourth-order valence-electron chi connectivity index (χ4n) is 4.24. The van der Waals surface area contributed by atoms with Crippen LogP contribution in [0.15, 0.2) is 0 Å². The van der Waals surface area contributed by atoms with E-state index in [1.807, 2.05) is 0 Å². The molecule has 0 heterocycles. The molecule has 2 fully saturated rings. The van der Waals surface area contributed by atoms with Crippen LogP contribution in [0.5, 0.6) is 0 Å². The normalized spacial score (nSPS) is 37.7. The smallest absolute Gasteiger partial charge is 0.130 e. The van der Waals surface area contributed by atoms with Gasteiger partial charge in [0.2, 0.25) is 0 Å². The van der Waals surface area contributed by atoms with Crippen molar-refractivity contribution in [2.24, 2.45) is 10.8 Å². The highest BCUT2D eigenvalue weighted by Crippen LogP contribution is 2.54. The van der Waals surface area contributed by atoms with Crippen LogP contribution in [0.4, 0.5) is 0 Å². The fraction of sp³-hybridized carbons (Fsp3) is 0.941. The maximum absolute atomic E-state index is 11.4. The topological polar surface area (TPSA) is 17.1 Å². The van der Waals surface area contributed by atoms with Crippen LogP contribution < -0.4 is 0 Å². The first-order chi connectivity index (χ1) is 8.74. The zero-order valence-electron chi connectivity index (χ0n) is 13.2. The molecule has 2 aliphatic carbocycles. The van der Waals surface area contributed by atoms with Gasteiger partial charge in [-0.3, -0.25) is 0 Å². The Morgan fingerprint density at radius 1 is 1.00 bits per heavy atom. The van der Waals surface area contributed by atoms with E-state index in [1.54, 1.807) is 6.92 Å². The molecular formula is C17H30OS. The van der Waals surface area contributed by atoms with E-state index in [1.165, 1.54) is 50.7 Å². The number of thioether (sulfide) groups is 1. The van der Waals surface area contributed by atoms with Gasteiger partial charge in [-0.15, -0.1) is 0 Å². The van der Waals surface area contributed by atoms with Gasteiger partial charge >= 0.3 is 0 Å². The quantitative estimate of drug-likeness (QED) is 0.687. The number of hydrogen-bond donors (Lipinski definition) is 0. The Labute approximate surface area is 123 Å². The highest BCUT2D eigenvalue weighted by Gasteiger charge is 2.44. The van der Waals surface area contributed by atoms with Gasteiger partial charge in [-0.25, -0.2) is 0 Å². The molecule has 2 unspecified atom stereocenters. The van der Waals surface area contributed by atoms with Gasteiger partial charge in [0, 0.05) is 11.2 Å². The summed E-state index contributed by atoms with van der Waals surface area (Å²) >= 11 is 2.20. The Balaban J connectivity index is 1.88. The average molecular weight is 282 g/mol. The van der Waals surface area contributed by atoms with E-state index in [9.17, 15) is 4.79 Å². The summed E-state index contributed by atoms with van der Waals surface area (Å²) in [4.78, 5) is 11.4. The zero-order valence-corrected chi connectivity index (χ0v) is 14.0. The van der Waals surface area contributed by atoms with Crippen molar-refractivity contribution in [3.8, 4) is 0 Å². The summed E-state index contributed by atoms with van der Waals surface area (Å²) in [6, 6.07) is 0. The monoisotopic (exact) mass is 282 g/mol. The Bertz CT molecular complexity index is 345. The molecule has 2 heteroatoms. The largest absolute Gasteiger partial charge is 0.300 e. The van der Waals surface area contributed by atoms with E-state index in [4.69, 9.17) is 0 Å². The summed E-state index contributed by atoms with van der Waals surface area (Å²) in [6.45, 7) is 8.96. The van der Waals surface area contributed by atoms with Crippen molar-refractivity contribution in [2.75, 3.05) is 5.75 Å². The molecule has 2 aliphatic rings. The summed E-state index contributed by atoms with van der Waals surface area (Å²) in [5.74, 6) is 1.68. The van der Waals surface area contributed by atoms with Gasteiger partial charge in [-0.05, 0) is 55.6 Å². The van der Waals surface area contributed by atoms with Gasteiger partial charge in [0.15, 0.2) is 0 Å². The second-order valence-electron chi connectivity index (χ2n) is 8.12. The molecular weight excluding hydrogens is 252 g/mol. The summed E-state index contributed by atoms with van der Waals surface area (Å²) in [5, 5.41) is 0. The SMILES string of the molecule is CC(=O)CC1(C)CCC(C)(SCC2(C)CCCC2)C1. The predicted molar refractivity (Wildman–Crippen MR) is 84.7 cm³/mol. The molecule has 0 aromatic heterocycles. The van der Waals surface area contributed by atoms with Crippen LogP contribution in [0.3, 0.4) is 0 Å². The molecule has 19 heavy (non-hydrogen) atoms. The van der Waals surface area contributed by atoms with Gasteiger partial charge in [0.25, 0.3) is 0 Å². The van der Waals surface area contributed by atoms with Crippen molar-refractivity contribution in [3.05, 3.63) is 0 Å². The molecule has 110 valence electrons. The minimum atomic E-state index is 0.268. The molecule has 0 N–H and O–H groups in total. The standard InChI is InChI=1S/C17H30OS/c1-14(18)11-16(3)9-10-17(4,12-16)19-13-15(2)7-5-6-8-15/h5-13H2,1-4H3. The first-order valence-corrected chi connectivity index (χ1v) is 8.86. The number of carbonyl (C=O) groups excluding carboxylic acids is 1. The molecule has 0 amide bonds. The third-order valence-electron chi connectivity index (χ3n) is 5.31. The molecule has 2 atom stereocenters. The van der Waals surface area contributed by atoms with Crippen LogP contribution >= 0.6 is 11.8 Å². The highest BCUT2D eigenvalue weighted by molar-refractivity contribution is 8.00. The molecule has 0 bridgehead atoms. The molecule has 0 radical (unpaired) electrons. The second kappa shape index (κ2) is 5.42. The summed E-state index contributed by atoms with van der Waals surface area (Å²) in [7, 11) is 0. The predicted octanol–water partition coefficient (Wildman–Crippen LogP) is 5.23. The van der Waals surface area contributed by atoms with Crippen LogP contribution in [0, 0.1) is 10.8 Å². The van der Waals surface area contributed by atoms with Crippen molar-refractivity contribution in [2.45, 2.75) is 83.8 Å². The van der Waals surface area contributed by atoms with Crippen molar-refractivity contribution >= 4 is 17.5 Å². The summed E-state index contributed by atoms with van der Waals surface area (Å²) < 4.78 is 0.412. The molecule has 1 nitrogen and oxygen atoms in total. The first-order valence-electron chi connectivity index (χ1n) is 7.88. The number of rotatable bonds is 5. The molecule has 0 aromatic rings. The fourth-order valence-corrected chi connectivity index (χ4v) is 5.92. The second-order valence-corrected chi connectivity index (χ2v) is 9.69. The van der Waals surface area contributed by atoms with E-state index in [0.717, 1.165) is 6.42 Å². The minimum Gasteiger partial charge on any atom is -0.300 e. The van der Waals surface area contributed by atoms with Gasteiger partial charge in [-0.1, -0.05) is 33.6 Å². The van der Waals surface area contributed by atoms with E-state index in [0.29, 0.717) is 15.9 Å². The number of Topliss-reactive ketones (excluding diaryl/α,β-unsaturated/α-hetero) is 1. The molecule has 0 saturated heterocycles. The lowest BCUT2D eigenvalue weighted by molar-refractivity contribution is -0.119. The zero-order chi connectivity index (χ0) is 14.1. The minimum absolute atomic E-state index is 0.268. The first kappa shape index (κ1) is 15.4. The highest BCUT2D eigenvalue weighted by atomic mass is 32.2. The van der Waals surface area contributed by atoms with Crippen molar-refractivity contribution in [1.82, 2.24) is 0 Å². The van der Waals surface area contributed by atoms with Crippen LogP contribution in [-0.4, -0.2) is 16.3 Å². The van der Waals surface area contributed by atoms with Crippen LogP contribution in [0.2, 0.25) is 0 Å². The van der Waals surface area contributed by atoms with E-state index in [2.05, 4.69) is 32.5 Å². The Morgan fingerprint density at radius 2 is 1.63 bits per heavy atom. The van der Waals surface area contributed by atoms with Crippen molar-refractivity contribution in [3.63, 3.8) is 0 Å². The molecule has 0 aliphatic heterocycles. The molecule has 2 rings (SSSR count). The third kappa shape index (κ3) is 4.00. The molecule has 0 spiro atoms. The number of hydrogen-bond acceptors (Lipinski definition) is 2. The van der Waals surface area contributed by atoms with Gasteiger partial charge in [0.05, 0.1) is 0 Å². The lowest BCUT2D eigenvalue weighted by Crippen LogP contribution is -2.25. The number of carbonyl (C=O) groups is 1. The maximum atomic E-state index is 11.4. The Morgan fingerprint density at radius 3 is 2.21 bits per heavy atom. The maximum Gasteiger partial charge on any atom is 0.130 e. The van der Waals surface area contributed by atoms with Crippen LogP contribution in [-0.2, 0) is 4.79 Å². The Kier molecular flexibility index (Phi) is 4.40. The van der Waals surface area contributed by atoms with Crippen LogP contribution in [0.1, 0.15) is 79.1 Å². The van der Waals surface area contributed by atoms with Gasteiger partial charge in [0.1, 0.15) is 5.78 Å². The van der Waals surface area contributed by atoms with Gasteiger partial charge < -0.3 is 4.79 Å². The van der Waals surface area contributed by atoms with E-state index < -0.39 is 0 Å². The number of ketones is 1. The van der Waals surface area contributed by atoms with E-state index in [-0.39, 0.29) is 5.41 Å². The molecule has 2 saturated carbocycles. The van der Waals surface area contributed by atoms with Crippen molar-refractivity contribution < 1.29 is 4.79 Å². The molecule has 0 aromatic carbocycles. The summed E-state index contributed by atoms with van der Waals surface area (Å²) in [5.41, 5.74) is 0.859. The Hall–Kier alpha value is 0.0200. The van der Waals surface area contributed by atoms with E-state index >= 15 is 0 Å². The lowest BCUT2D eigenvalue weighted by Gasteiger charge is -2.32. The van der Waals surface area contributed by atoms with Gasteiger partial charge in [-0.2, -0.15) is 11.8 Å². The average Bonchev–Trinajstić information content (AvgIpc) is 2.82.